The highest BCUT2D eigenvalue weighted by Gasteiger charge is 2.16. The number of rotatable bonds is 8. The Labute approximate surface area is 171 Å². The van der Waals surface area contributed by atoms with Crippen LogP contribution in [0.2, 0.25) is 0 Å². The number of carbonyl (C=O) groups excluding carboxylic acids is 1. The first-order valence-corrected chi connectivity index (χ1v) is 9.56. The third-order valence-electron chi connectivity index (χ3n) is 4.82. The predicted molar refractivity (Wildman–Crippen MR) is 113 cm³/mol. The van der Waals surface area contributed by atoms with Gasteiger partial charge in [0.15, 0.2) is 0 Å². The quantitative estimate of drug-likeness (QED) is 0.598. The number of nitrogens with zero attached hydrogens (tertiary/aromatic N) is 4. The highest BCUT2D eigenvalue weighted by molar-refractivity contribution is 5.97. The van der Waals surface area contributed by atoms with Gasteiger partial charge in [0.2, 0.25) is 5.78 Å². The van der Waals surface area contributed by atoms with E-state index in [1.807, 2.05) is 38.5 Å². The molecule has 0 radical (unpaired) electrons. The molecule has 2 heterocycles. The van der Waals surface area contributed by atoms with Gasteiger partial charge in [0.1, 0.15) is 6.07 Å². The first-order valence-electron chi connectivity index (χ1n) is 9.56. The number of nitrogens with one attached hydrogen (secondary N) is 1. The minimum atomic E-state index is -0.498. The average molecular weight is 387 g/mol. The van der Waals surface area contributed by atoms with Crippen LogP contribution < -0.4 is 5.32 Å². The Morgan fingerprint density at radius 1 is 1.24 bits per heavy atom. The van der Waals surface area contributed by atoms with Gasteiger partial charge in [0, 0.05) is 30.7 Å². The molecule has 1 unspecified atom stereocenters. The maximum atomic E-state index is 11.8. The minimum absolute atomic E-state index is 0.451. The molecule has 6 nitrogen and oxygen atoms in total. The van der Waals surface area contributed by atoms with Crippen molar-refractivity contribution in [3.05, 3.63) is 71.3 Å². The van der Waals surface area contributed by atoms with Crippen molar-refractivity contribution in [1.29, 1.82) is 5.26 Å². The van der Waals surface area contributed by atoms with Crippen LogP contribution >= 0.6 is 0 Å². The Hall–Kier alpha value is -3.14. The molecule has 0 saturated heterocycles. The SMILES string of the molecule is CNC(Cc1cccc(Cc2nc(CN(C)C)cc3ccncc23)c1)C(=O)C#N. The summed E-state index contributed by atoms with van der Waals surface area (Å²) < 4.78 is 0. The molecule has 0 saturated carbocycles. The minimum Gasteiger partial charge on any atom is -0.309 e. The summed E-state index contributed by atoms with van der Waals surface area (Å²) in [7, 11) is 5.76. The molecule has 0 aliphatic heterocycles. The Bertz CT molecular complexity index is 1050. The molecular formula is C23H25N5O. The van der Waals surface area contributed by atoms with Crippen molar-refractivity contribution in [1.82, 2.24) is 20.2 Å². The van der Waals surface area contributed by atoms with E-state index in [0.29, 0.717) is 12.8 Å². The fourth-order valence-electron chi connectivity index (χ4n) is 3.46. The number of nitriles is 1. The number of fused-ring (bicyclic) bond motifs is 1. The third kappa shape index (κ3) is 5.23. The van der Waals surface area contributed by atoms with Crippen molar-refractivity contribution < 1.29 is 4.79 Å². The van der Waals surface area contributed by atoms with E-state index >= 15 is 0 Å². The zero-order chi connectivity index (χ0) is 20.8. The molecule has 0 bridgehead atoms. The molecule has 0 amide bonds. The lowest BCUT2D eigenvalue weighted by Crippen LogP contribution is -2.35. The number of benzene rings is 1. The number of likely N-dealkylation sites (N-methyl/N-ethyl adjacent to an activating group) is 1. The van der Waals surface area contributed by atoms with Gasteiger partial charge in [-0.2, -0.15) is 5.26 Å². The van der Waals surface area contributed by atoms with Crippen LogP contribution in [0.25, 0.3) is 10.8 Å². The fraction of sp³-hybridized carbons (Fsp3) is 0.304. The lowest BCUT2D eigenvalue weighted by Gasteiger charge is -2.14. The predicted octanol–water partition coefficient (Wildman–Crippen LogP) is 2.51. The molecule has 0 aliphatic rings. The number of ketones is 1. The summed E-state index contributed by atoms with van der Waals surface area (Å²) in [6.45, 7) is 0.769. The van der Waals surface area contributed by atoms with Crippen molar-refractivity contribution in [2.24, 2.45) is 0 Å². The summed E-state index contributed by atoms with van der Waals surface area (Å²) in [5.74, 6) is -0.451. The monoisotopic (exact) mass is 387 g/mol. The van der Waals surface area contributed by atoms with Crippen LogP contribution in [0.1, 0.15) is 22.5 Å². The van der Waals surface area contributed by atoms with Gasteiger partial charge in [0.05, 0.1) is 17.4 Å². The summed E-state index contributed by atoms with van der Waals surface area (Å²) in [5.41, 5.74) is 4.14. The highest BCUT2D eigenvalue weighted by Crippen LogP contribution is 2.21. The largest absolute Gasteiger partial charge is 0.309 e. The molecule has 1 aromatic carbocycles. The maximum absolute atomic E-state index is 11.8. The van der Waals surface area contributed by atoms with Gasteiger partial charge >= 0.3 is 0 Å². The van der Waals surface area contributed by atoms with E-state index in [0.717, 1.165) is 39.8 Å². The number of pyridine rings is 2. The normalized spacial score (nSPS) is 12.1. The van der Waals surface area contributed by atoms with Gasteiger partial charge in [-0.15, -0.1) is 0 Å². The Kier molecular flexibility index (Phi) is 6.65. The first kappa shape index (κ1) is 20.6. The average Bonchev–Trinajstić information content (AvgIpc) is 2.71. The summed E-state index contributed by atoms with van der Waals surface area (Å²) in [4.78, 5) is 23.0. The van der Waals surface area contributed by atoms with Crippen LogP contribution in [-0.4, -0.2) is 47.8 Å². The van der Waals surface area contributed by atoms with E-state index in [1.54, 1.807) is 19.3 Å². The van der Waals surface area contributed by atoms with E-state index < -0.39 is 11.8 Å². The molecule has 148 valence electrons. The molecule has 0 aliphatic carbocycles. The van der Waals surface area contributed by atoms with E-state index in [-0.39, 0.29) is 0 Å². The van der Waals surface area contributed by atoms with Crippen molar-refractivity contribution in [2.75, 3.05) is 21.1 Å². The molecule has 1 atom stereocenters. The molecule has 1 N–H and O–H groups in total. The topological polar surface area (TPSA) is 81.9 Å². The second kappa shape index (κ2) is 9.37. The molecule has 0 fully saturated rings. The molecule has 3 aromatic rings. The standard InChI is InChI=1S/C23H25N5O/c1-25-22(23(29)13-24)11-17-6-4-5-16(9-17)10-21-20-14-26-8-7-18(20)12-19(27-21)15-28(2)3/h4-9,12,14,22,25H,10-11,15H2,1-3H3. The molecule has 2 aromatic heterocycles. The smallest absolute Gasteiger partial charge is 0.249 e. The lowest BCUT2D eigenvalue weighted by atomic mass is 9.98. The number of carbonyl (C=O) groups is 1. The second-order valence-corrected chi connectivity index (χ2v) is 7.41. The van der Waals surface area contributed by atoms with Crippen LogP contribution in [0, 0.1) is 11.3 Å². The third-order valence-corrected chi connectivity index (χ3v) is 4.82. The van der Waals surface area contributed by atoms with Crippen LogP contribution in [0.5, 0.6) is 0 Å². The van der Waals surface area contributed by atoms with Crippen molar-refractivity contribution in [2.45, 2.75) is 25.4 Å². The van der Waals surface area contributed by atoms with E-state index in [1.165, 1.54) is 0 Å². The molecule has 29 heavy (non-hydrogen) atoms. The zero-order valence-corrected chi connectivity index (χ0v) is 17.0. The Balaban J connectivity index is 1.91. The van der Waals surface area contributed by atoms with Crippen LogP contribution in [0.4, 0.5) is 0 Å². The van der Waals surface area contributed by atoms with Crippen molar-refractivity contribution in [3.8, 4) is 6.07 Å². The lowest BCUT2D eigenvalue weighted by molar-refractivity contribution is -0.115. The summed E-state index contributed by atoms with van der Waals surface area (Å²) in [6, 6.07) is 13.4. The Morgan fingerprint density at radius 3 is 2.76 bits per heavy atom. The van der Waals surface area contributed by atoms with Crippen LogP contribution in [0.3, 0.4) is 0 Å². The summed E-state index contributed by atoms with van der Waals surface area (Å²) in [5, 5.41) is 14.0. The van der Waals surface area contributed by atoms with Crippen LogP contribution in [0.15, 0.2) is 48.8 Å². The number of Topliss-reactive ketones (excluding diaryl/α,β-unsaturated/α-hetero) is 1. The maximum Gasteiger partial charge on any atom is 0.249 e. The van der Waals surface area contributed by atoms with Gasteiger partial charge in [-0.25, -0.2) is 0 Å². The van der Waals surface area contributed by atoms with Crippen molar-refractivity contribution >= 4 is 16.6 Å². The van der Waals surface area contributed by atoms with Gasteiger partial charge < -0.3 is 10.2 Å². The molecule has 6 heteroatoms. The van der Waals surface area contributed by atoms with E-state index in [9.17, 15) is 4.79 Å². The zero-order valence-electron chi connectivity index (χ0n) is 17.0. The number of aromatic nitrogens is 2. The number of hydrogen-bond donors (Lipinski definition) is 1. The van der Waals surface area contributed by atoms with Crippen LogP contribution in [-0.2, 0) is 24.2 Å². The molecule has 3 rings (SSSR count). The highest BCUT2D eigenvalue weighted by atomic mass is 16.1. The van der Waals surface area contributed by atoms with Gasteiger partial charge in [-0.05, 0) is 56.2 Å². The summed E-state index contributed by atoms with van der Waals surface area (Å²) >= 11 is 0. The second-order valence-electron chi connectivity index (χ2n) is 7.41. The Morgan fingerprint density at radius 2 is 2.03 bits per heavy atom. The first-order chi connectivity index (χ1) is 14.0. The van der Waals surface area contributed by atoms with E-state index in [2.05, 4.69) is 33.4 Å². The van der Waals surface area contributed by atoms with E-state index in [4.69, 9.17) is 10.2 Å². The molecular weight excluding hydrogens is 362 g/mol. The van der Waals surface area contributed by atoms with Gasteiger partial charge in [0.25, 0.3) is 0 Å². The summed E-state index contributed by atoms with van der Waals surface area (Å²) in [6.07, 6.45) is 4.82. The van der Waals surface area contributed by atoms with Crippen molar-refractivity contribution in [3.63, 3.8) is 0 Å². The fourth-order valence-corrected chi connectivity index (χ4v) is 3.46. The molecule has 0 spiro atoms. The number of hydrogen-bond acceptors (Lipinski definition) is 6. The van der Waals surface area contributed by atoms with Gasteiger partial charge in [-0.1, -0.05) is 24.3 Å². The van der Waals surface area contributed by atoms with Gasteiger partial charge in [-0.3, -0.25) is 14.8 Å².